The van der Waals surface area contributed by atoms with Crippen LogP contribution in [0, 0.1) is 0 Å². The molecule has 1 amide bonds. The Morgan fingerprint density at radius 1 is 0.935 bits per heavy atom. The second-order valence-electron chi connectivity index (χ2n) is 7.80. The first-order chi connectivity index (χ1) is 15.1. The predicted molar refractivity (Wildman–Crippen MR) is 120 cm³/mol. The number of anilines is 1. The Morgan fingerprint density at radius 3 is 2.48 bits per heavy atom. The number of rotatable bonds is 7. The van der Waals surface area contributed by atoms with Crippen molar-refractivity contribution >= 4 is 22.6 Å². The fraction of sp³-hybridized carbons (Fsp3) is 0.391. The summed E-state index contributed by atoms with van der Waals surface area (Å²) in [5.41, 5.74) is -0.0887. The zero-order valence-electron chi connectivity index (χ0n) is 17.5. The Bertz CT molecular complexity index is 1150. The predicted octanol–water partition coefficient (Wildman–Crippen LogP) is 1.99. The maximum atomic E-state index is 12.5. The van der Waals surface area contributed by atoms with Gasteiger partial charge in [-0.2, -0.15) is 0 Å². The average Bonchev–Trinajstić information content (AvgIpc) is 2.81. The maximum Gasteiger partial charge on any atom is 0.328 e. The number of amides is 1. The molecule has 0 radical (unpaired) electrons. The summed E-state index contributed by atoms with van der Waals surface area (Å²) in [6, 6.07) is 12.9. The van der Waals surface area contributed by atoms with Gasteiger partial charge in [-0.15, -0.1) is 0 Å². The Labute approximate surface area is 180 Å². The number of unbranched alkanes of at least 4 members (excludes halogenated alkanes) is 2. The van der Waals surface area contributed by atoms with Crippen LogP contribution in [0.15, 0.2) is 58.3 Å². The zero-order valence-corrected chi connectivity index (χ0v) is 17.5. The standard InChI is InChI=1S/C23H27N5O3/c29-21(27-16-14-26(15-17-27)20-10-5-6-12-24-20)11-2-1-7-13-28-22(30)18-8-3-4-9-19(18)25-23(28)31/h3-6,8-10,12H,1-2,7,11,13-17H2,(H,25,31). The molecule has 1 aliphatic rings. The Morgan fingerprint density at radius 2 is 1.71 bits per heavy atom. The summed E-state index contributed by atoms with van der Waals surface area (Å²) in [6.45, 7) is 3.34. The van der Waals surface area contributed by atoms with Gasteiger partial charge in [-0.3, -0.25) is 14.2 Å². The molecular weight excluding hydrogens is 394 g/mol. The molecule has 1 aliphatic heterocycles. The van der Waals surface area contributed by atoms with E-state index in [2.05, 4.69) is 14.9 Å². The van der Waals surface area contributed by atoms with Gasteiger partial charge in [-0.05, 0) is 37.1 Å². The molecule has 0 atom stereocenters. The van der Waals surface area contributed by atoms with Gasteiger partial charge in [0.05, 0.1) is 10.9 Å². The molecule has 0 bridgehead atoms. The van der Waals surface area contributed by atoms with E-state index in [0.29, 0.717) is 43.4 Å². The number of carbonyl (C=O) groups is 1. The molecule has 3 heterocycles. The molecule has 4 rings (SSSR count). The number of hydrogen-bond donors (Lipinski definition) is 1. The van der Waals surface area contributed by atoms with Crippen molar-refractivity contribution in [1.82, 2.24) is 19.4 Å². The number of H-pyrrole nitrogens is 1. The third kappa shape index (κ3) is 4.84. The van der Waals surface area contributed by atoms with Crippen LogP contribution in [0.4, 0.5) is 5.82 Å². The van der Waals surface area contributed by atoms with E-state index in [1.165, 1.54) is 4.57 Å². The van der Waals surface area contributed by atoms with Gasteiger partial charge in [-0.25, -0.2) is 9.78 Å². The first-order valence-electron chi connectivity index (χ1n) is 10.8. The number of hydrogen-bond acceptors (Lipinski definition) is 5. The van der Waals surface area contributed by atoms with E-state index in [-0.39, 0.29) is 17.2 Å². The zero-order chi connectivity index (χ0) is 21.6. The van der Waals surface area contributed by atoms with Crippen molar-refractivity contribution in [1.29, 1.82) is 0 Å². The van der Waals surface area contributed by atoms with Gasteiger partial charge in [0, 0.05) is 45.3 Å². The van der Waals surface area contributed by atoms with E-state index in [1.807, 2.05) is 23.1 Å². The van der Waals surface area contributed by atoms with Crippen LogP contribution in [0.25, 0.3) is 10.9 Å². The van der Waals surface area contributed by atoms with Gasteiger partial charge in [0.1, 0.15) is 5.82 Å². The highest BCUT2D eigenvalue weighted by Crippen LogP contribution is 2.14. The van der Waals surface area contributed by atoms with Gasteiger partial charge in [0.2, 0.25) is 5.91 Å². The molecule has 162 valence electrons. The van der Waals surface area contributed by atoms with Gasteiger partial charge in [0.25, 0.3) is 5.56 Å². The highest BCUT2D eigenvalue weighted by atomic mass is 16.2. The number of fused-ring (bicyclic) bond motifs is 1. The molecule has 31 heavy (non-hydrogen) atoms. The summed E-state index contributed by atoms with van der Waals surface area (Å²) in [6.07, 6.45) is 4.50. The normalized spacial score (nSPS) is 14.2. The second kappa shape index (κ2) is 9.59. The fourth-order valence-electron chi connectivity index (χ4n) is 4.01. The topological polar surface area (TPSA) is 91.3 Å². The van der Waals surface area contributed by atoms with E-state index in [4.69, 9.17) is 0 Å². The fourth-order valence-corrected chi connectivity index (χ4v) is 4.01. The van der Waals surface area contributed by atoms with Crippen molar-refractivity contribution in [2.75, 3.05) is 31.1 Å². The van der Waals surface area contributed by atoms with E-state index < -0.39 is 0 Å². The van der Waals surface area contributed by atoms with E-state index in [9.17, 15) is 14.4 Å². The number of para-hydroxylation sites is 1. The van der Waals surface area contributed by atoms with Gasteiger partial charge in [0.15, 0.2) is 0 Å². The van der Waals surface area contributed by atoms with E-state index in [1.54, 1.807) is 30.5 Å². The number of pyridine rings is 1. The lowest BCUT2D eigenvalue weighted by atomic mass is 10.1. The molecule has 8 nitrogen and oxygen atoms in total. The minimum atomic E-state index is -0.384. The number of aromatic nitrogens is 3. The first-order valence-corrected chi connectivity index (χ1v) is 10.8. The molecule has 1 saturated heterocycles. The van der Waals surface area contributed by atoms with Gasteiger partial charge < -0.3 is 14.8 Å². The monoisotopic (exact) mass is 421 g/mol. The second-order valence-corrected chi connectivity index (χ2v) is 7.80. The third-order valence-corrected chi connectivity index (χ3v) is 5.77. The highest BCUT2D eigenvalue weighted by molar-refractivity contribution is 5.77. The molecule has 0 saturated carbocycles. The van der Waals surface area contributed by atoms with Gasteiger partial charge in [-0.1, -0.05) is 24.6 Å². The first kappa shape index (κ1) is 20.8. The molecule has 8 heteroatoms. The molecule has 0 aliphatic carbocycles. The number of piperazine rings is 1. The summed E-state index contributed by atoms with van der Waals surface area (Å²) in [4.78, 5) is 48.5. The van der Waals surface area contributed by atoms with Crippen molar-refractivity contribution in [2.45, 2.75) is 32.2 Å². The Kier molecular flexibility index (Phi) is 6.45. The van der Waals surface area contributed by atoms with Crippen LogP contribution in [-0.2, 0) is 11.3 Å². The largest absolute Gasteiger partial charge is 0.353 e. The third-order valence-electron chi connectivity index (χ3n) is 5.77. The molecule has 0 unspecified atom stereocenters. The number of aromatic amines is 1. The molecule has 1 fully saturated rings. The lowest BCUT2D eigenvalue weighted by molar-refractivity contribution is -0.131. The molecular formula is C23H27N5O3. The van der Waals surface area contributed by atoms with Crippen LogP contribution in [0.2, 0.25) is 0 Å². The quantitative estimate of drug-likeness (QED) is 0.589. The maximum absolute atomic E-state index is 12.5. The minimum Gasteiger partial charge on any atom is -0.353 e. The molecule has 1 N–H and O–H groups in total. The average molecular weight is 422 g/mol. The smallest absolute Gasteiger partial charge is 0.328 e. The van der Waals surface area contributed by atoms with Crippen LogP contribution < -0.4 is 16.1 Å². The summed E-state index contributed by atoms with van der Waals surface area (Å²) in [5.74, 6) is 1.12. The van der Waals surface area contributed by atoms with Crippen molar-refractivity contribution in [2.24, 2.45) is 0 Å². The molecule has 2 aromatic heterocycles. The van der Waals surface area contributed by atoms with Gasteiger partial charge >= 0.3 is 5.69 Å². The van der Waals surface area contributed by atoms with Crippen LogP contribution in [0.1, 0.15) is 25.7 Å². The van der Waals surface area contributed by atoms with E-state index >= 15 is 0 Å². The van der Waals surface area contributed by atoms with Crippen molar-refractivity contribution in [3.63, 3.8) is 0 Å². The Hall–Kier alpha value is -3.42. The highest BCUT2D eigenvalue weighted by Gasteiger charge is 2.21. The number of benzene rings is 1. The summed E-state index contributed by atoms with van der Waals surface area (Å²) < 4.78 is 1.25. The lowest BCUT2D eigenvalue weighted by Crippen LogP contribution is -2.49. The number of nitrogens with zero attached hydrogens (tertiary/aromatic N) is 4. The van der Waals surface area contributed by atoms with Crippen molar-refractivity contribution in [3.05, 3.63) is 69.5 Å². The number of carbonyl (C=O) groups excluding carboxylic acids is 1. The molecule has 3 aromatic rings. The SMILES string of the molecule is O=C(CCCCCn1c(=O)[nH]c2ccccc2c1=O)N1CCN(c2ccccn2)CC1. The summed E-state index contributed by atoms with van der Waals surface area (Å²) in [5, 5.41) is 0.516. The summed E-state index contributed by atoms with van der Waals surface area (Å²) in [7, 11) is 0. The van der Waals surface area contributed by atoms with E-state index in [0.717, 1.165) is 31.7 Å². The van der Waals surface area contributed by atoms with Crippen molar-refractivity contribution in [3.8, 4) is 0 Å². The number of nitrogens with one attached hydrogen (secondary N) is 1. The van der Waals surface area contributed by atoms with Crippen LogP contribution in [0.3, 0.4) is 0 Å². The van der Waals surface area contributed by atoms with Crippen LogP contribution >= 0.6 is 0 Å². The molecule has 1 aromatic carbocycles. The van der Waals surface area contributed by atoms with Crippen LogP contribution in [0.5, 0.6) is 0 Å². The molecule has 0 spiro atoms. The lowest BCUT2D eigenvalue weighted by Gasteiger charge is -2.35. The minimum absolute atomic E-state index is 0.168. The van der Waals surface area contributed by atoms with Crippen LogP contribution in [-0.4, -0.2) is 51.5 Å². The Balaban J connectivity index is 1.21. The van der Waals surface area contributed by atoms with Crippen molar-refractivity contribution < 1.29 is 4.79 Å². The summed E-state index contributed by atoms with van der Waals surface area (Å²) >= 11 is 0.